The molecule has 8 heteroatoms. The van der Waals surface area contributed by atoms with Crippen LogP contribution in [0.5, 0.6) is 11.5 Å². The van der Waals surface area contributed by atoms with E-state index >= 15 is 0 Å². The molecule has 2 aromatic carbocycles. The maximum atomic E-state index is 12.3. The minimum atomic E-state index is -0.207. The number of nitrogens with zero attached hydrogens (tertiary/aromatic N) is 1. The zero-order valence-electron chi connectivity index (χ0n) is 15.7. The summed E-state index contributed by atoms with van der Waals surface area (Å²) in [4.78, 5) is 26.0. The van der Waals surface area contributed by atoms with E-state index < -0.39 is 0 Å². The van der Waals surface area contributed by atoms with E-state index in [1.807, 2.05) is 25.1 Å². The number of nitrogens with one attached hydrogen (secondary N) is 2. The summed E-state index contributed by atoms with van der Waals surface area (Å²) in [5.41, 5.74) is 1.57. The predicted octanol–water partition coefficient (Wildman–Crippen LogP) is 2.82. The second kappa shape index (κ2) is 8.95. The first kappa shape index (κ1) is 20.0. The molecule has 0 saturated heterocycles. The fourth-order valence-electron chi connectivity index (χ4n) is 2.83. The van der Waals surface area contributed by atoms with E-state index in [4.69, 9.17) is 21.1 Å². The van der Waals surface area contributed by atoms with E-state index in [0.29, 0.717) is 22.2 Å². The van der Waals surface area contributed by atoms with Crippen LogP contribution in [0.2, 0.25) is 5.02 Å². The van der Waals surface area contributed by atoms with Crippen LogP contribution >= 0.6 is 11.6 Å². The minimum Gasteiger partial charge on any atom is -0.454 e. The molecule has 7 nitrogen and oxygen atoms in total. The fraction of sp³-hybridized carbons (Fsp3) is 0.300. The van der Waals surface area contributed by atoms with E-state index in [1.165, 1.54) is 0 Å². The first-order valence-corrected chi connectivity index (χ1v) is 9.21. The standard InChI is InChI=1S/C20H22ClN3O4/c1-13(14-3-8-17-18(9-14)28-12-27-17)22-19(25)10-24(2)11-20(26)23-16-6-4-15(21)5-7-16/h3-9,13H,10-12H2,1-2H3,(H,22,25)(H,23,26)/t13-/m0/s1. The quantitative estimate of drug-likeness (QED) is 0.743. The molecular formula is C20H22ClN3O4. The number of amides is 2. The average Bonchev–Trinajstić information content (AvgIpc) is 3.10. The largest absolute Gasteiger partial charge is 0.454 e. The number of carbonyl (C=O) groups excluding carboxylic acids is 2. The molecule has 0 saturated carbocycles. The van der Waals surface area contributed by atoms with Crippen LogP contribution in [0, 0.1) is 0 Å². The third-order valence-electron chi connectivity index (χ3n) is 4.23. The Kier molecular flexibility index (Phi) is 6.38. The first-order chi connectivity index (χ1) is 13.4. The summed E-state index contributed by atoms with van der Waals surface area (Å²) in [6.07, 6.45) is 0. The predicted molar refractivity (Wildman–Crippen MR) is 107 cm³/mol. The third kappa shape index (κ3) is 5.37. The molecule has 0 aliphatic carbocycles. The molecule has 1 heterocycles. The number of benzene rings is 2. The maximum Gasteiger partial charge on any atom is 0.238 e. The Morgan fingerprint density at radius 1 is 1.07 bits per heavy atom. The molecule has 0 radical (unpaired) electrons. The number of carbonyl (C=O) groups is 2. The van der Waals surface area contributed by atoms with Crippen molar-refractivity contribution in [2.24, 2.45) is 0 Å². The number of hydrogen-bond donors (Lipinski definition) is 2. The van der Waals surface area contributed by atoms with Gasteiger partial charge in [0.15, 0.2) is 11.5 Å². The van der Waals surface area contributed by atoms with Crippen molar-refractivity contribution in [3.05, 3.63) is 53.1 Å². The lowest BCUT2D eigenvalue weighted by Crippen LogP contribution is -2.39. The van der Waals surface area contributed by atoms with Crippen LogP contribution in [-0.2, 0) is 9.59 Å². The molecule has 0 spiro atoms. The van der Waals surface area contributed by atoms with E-state index in [-0.39, 0.29) is 37.7 Å². The minimum absolute atomic E-state index is 0.0917. The topological polar surface area (TPSA) is 79.9 Å². The SMILES string of the molecule is C[C@H](NC(=O)CN(C)CC(=O)Nc1ccc(Cl)cc1)c1ccc2c(c1)OCO2. The Morgan fingerprint density at radius 2 is 1.75 bits per heavy atom. The number of anilines is 1. The summed E-state index contributed by atoms with van der Waals surface area (Å²) in [6, 6.07) is 12.2. The van der Waals surface area contributed by atoms with E-state index in [1.54, 1.807) is 36.2 Å². The van der Waals surface area contributed by atoms with Gasteiger partial charge in [0.2, 0.25) is 18.6 Å². The zero-order chi connectivity index (χ0) is 20.1. The summed E-state index contributed by atoms with van der Waals surface area (Å²) in [6.45, 7) is 2.29. The van der Waals surface area contributed by atoms with Gasteiger partial charge in [0.05, 0.1) is 19.1 Å². The smallest absolute Gasteiger partial charge is 0.238 e. The van der Waals surface area contributed by atoms with Crippen LogP contribution in [-0.4, -0.2) is 43.6 Å². The van der Waals surface area contributed by atoms with Gasteiger partial charge in [0, 0.05) is 10.7 Å². The molecule has 28 heavy (non-hydrogen) atoms. The second-order valence-electron chi connectivity index (χ2n) is 6.63. The number of ether oxygens (including phenoxy) is 2. The van der Waals surface area contributed by atoms with Crippen LogP contribution in [0.3, 0.4) is 0 Å². The molecule has 2 amide bonds. The van der Waals surface area contributed by atoms with Crippen molar-refractivity contribution < 1.29 is 19.1 Å². The lowest BCUT2D eigenvalue weighted by molar-refractivity contribution is -0.123. The zero-order valence-corrected chi connectivity index (χ0v) is 16.5. The van der Waals surface area contributed by atoms with E-state index in [0.717, 1.165) is 5.56 Å². The number of rotatable bonds is 7. The maximum absolute atomic E-state index is 12.3. The molecule has 1 aliphatic heterocycles. The lowest BCUT2D eigenvalue weighted by atomic mass is 10.1. The fourth-order valence-corrected chi connectivity index (χ4v) is 2.96. The molecule has 0 unspecified atom stereocenters. The van der Waals surface area contributed by atoms with Gasteiger partial charge in [-0.05, 0) is 55.9 Å². The van der Waals surface area contributed by atoms with Crippen molar-refractivity contribution in [3.8, 4) is 11.5 Å². The number of halogens is 1. The molecule has 2 aromatic rings. The number of hydrogen-bond acceptors (Lipinski definition) is 5. The van der Waals surface area contributed by atoms with Crippen LogP contribution in [0.15, 0.2) is 42.5 Å². The molecule has 2 N–H and O–H groups in total. The van der Waals surface area contributed by atoms with Gasteiger partial charge in [0.25, 0.3) is 0 Å². The van der Waals surface area contributed by atoms with Gasteiger partial charge in [-0.25, -0.2) is 0 Å². The highest BCUT2D eigenvalue weighted by molar-refractivity contribution is 6.30. The summed E-state index contributed by atoms with van der Waals surface area (Å²) >= 11 is 5.82. The van der Waals surface area contributed by atoms with E-state index in [9.17, 15) is 9.59 Å². The highest BCUT2D eigenvalue weighted by Gasteiger charge is 2.18. The summed E-state index contributed by atoms with van der Waals surface area (Å²) in [5, 5.41) is 6.29. The third-order valence-corrected chi connectivity index (χ3v) is 4.48. The molecule has 3 rings (SSSR count). The van der Waals surface area contributed by atoms with Gasteiger partial charge in [-0.15, -0.1) is 0 Å². The van der Waals surface area contributed by atoms with Gasteiger partial charge in [-0.2, -0.15) is 0 Å². The number of likely N-dealkylation sites (N-methyl/N-ethyl adjacent to an activating group) is 1. The Labute approximate surface area is 168 Å². The average molecular weight is 404 g/mol. The van der Waals surface area contributed by atoms with Crippen LogP contribution in [0.25, 0.3) is 0 Å². The van der Waals surface area contributed by atoms with Crippen molar-refractivity contribution in [2.45, 2.75) is 13.0 Å². The van der Waals surface area contributed by atoms with E-state index in [2.05, 4.69) is 10.6 Å². The molecule has 0 bridgehead atoms. The van der Waals surface area contributed by atoms with Gasteiger partial charge in [0.1, 0.15) is 0 Å². The number of fused-ring (bicyclic) bond motifs is 1. The normalized spacial score (nSPS) is 13.3. The van der Waals surface area contributed by atoms with Crippen molar-refractivity contribution in [1.82, 2.24) is 10.2 Å². The van der Waals surface area contributed by atoms with Crippen molar-refractivity contribution in [1.29, 1.82) is 0 Å². The summed E-state index contributed by atoms with van der Waals surface area (Å²) in [7, 11) is 1.71. The van der Waals surface area contributed by atoms with Gasteiger partial charge in [-0.1, -0.05) is 17.7 Å². The first-order valence-electron chi connectivity index (χ1n) is 8.83. The van der Waals surface area contributed by atoms with Gasteiger partial charge >= 0.3 is 0 Å². The van der Waals surface area contributed by atoms with Crippen molar-refractivity contribution in [2.75, 3.05) is 32.2 Å². The Morgan fingerprint density at radius 3 is 2.50 bits per heavy atom. The highest BCUT2D eigenvalue weighted by atomic mass is 35.5. The lowest BCUT2D eigenvalue weighted by Gasteiger charge is -2.19. The summed E-state index contributed by atoms with van der Waals surface area (Å²) < 4.78 is 10.7. The van der Waals surface area contributed by atoms with Crippen LogP contribution in [0.4, 0.5) is 5.69 Å². The van der Waals surface area contributed by atoms with Gasteiger partial charge in [-0.3, -0.25) is 14.5 Å². The molecule has 1 atom stereocenters. The van der Waals surface area contributed by atoms with Crippen molar-refractivity contribution in [3.63, 3.8) is 0 Å². The van der Waals surface area contributed by atoms with Crippen LogP contribution in [0.1, 0.15) is 18.5 Å². The Hall–Kier alpha value is -2.77. The monoisotopic (exact) mass is 403 g/mol. The molecular weight excluding hydrogens is 382 g/mol. The van der Waals surface area contributed by atoms with Crippen molar-refractivity contribution >= 4 is 29.1 Å². The summed E-state index contributed by atoms with van der Waals surface area (Å²) in [5.74, 6) is 0.997. The Balaban J connectivity index is 1.45. The van der Waals surface area contributed by atoms with Crippen LogP contribution < -0.4 is 20.1 Å². The molecule has 1 aliphatic rings. The molecule has 0 fully saturated rings. The van der Waals surface area contributed by atoms with Gasteiger partial charge < -0.3 is 20.1 Å². The Bertz CT molecular complexity index is 857. The molecule has 0 aromatic heterocycles. The molecule has 148 valence electrons. The highest BCUT2D eigenvalue weighted by Crippen LogP contribution is 2.34. The second-order valence-corrected chi connectivity index (χ2v) is 7.07.